The van der Waals surface area contributed by atoms with Gasteiger partial charge in [-0.05, 0) is 43.6 Å². The second-order valence-electron chi connectivity index (χ2n) is 7.56. The molecule has 2 heterocycles. The van der Waals surface area contributed by atoms with Crippen molar-refractivity contribution < 1.29 is 0 Å². The zero-order chi connectivity index (χ0) is 15.2. The Kier molecular flexibility index (Phi) is 3.42. The maximum Gasteiger partial charge on any atom is 0.157 e. The fraction of sp³-hybridized carbons (Fsp3) is 0.647. The lowest BCUT2D eigenvalue weighted by atomic mass is 9.70. The summed E-state index contributed by atoms with van der Waals surface area (Å²) in [6.07, 6.45) is 5.73. The third-order valence-corrected chi connectivity index (χ3v) is 4.62. The van der Waals surface area contributed by atoms with E-state index in [2.05, 4.69) is 42.2 Å². The van der Waals surface area contributed by atoms with Gasteiger partial charge >= 0.3 is 0 Å². The van der Waals surface area contributed by atoms with E-state index in [4.69, 9.17) is 0 Å². The summed E-state index contributed by atoms with van der Waals surface area (Å²) in [6, 6.07) is 2.73. The average molecular weight is 286 g/mol. The number of anilines is 1. The predicted molar refractivity (Wildman–Crippen MR) is 87.5 cm³/mol. The molecule has 0 bridgehead atoms. The first-order valence-corrected chi connectivity index (χ1v) is 7.90. The summed E-state index contributed by atoms with van der Waals surface area (Å²) in [4.78, 5) is 4.56. The van der Waals surface area contributed by atoms with Gasteiger partial charge in [0.1, 0.15) is 0 Å². The molecule has 1 aliphatic carbocycles. The summed E-state index contributed by atoms with van der Waals surface area (Å²) in [5, 5.41) is 9.28. The number of fused-ring (bicyclic) bond motifs is 1. The van der Waals surface area contributed by atoms with Crippen LogP contribution in [0.15, 0.2) is 12.3 Å². The van der Waals surface area contributed by atoms with Crippen LogP contribution in [0.25, 0.3) is 11.0 Å². The minimum Gasteiger partial charge on any atom is -0.381 e. The Bertz CT molecular complexity index is 656. The predicted octanol–water partition coefficient (Wildman–Crippen LogP) is 3.90. The first-order chi connectivity index (χ1) is 9.84. The molecule has 2 aromatic rings. The second-order valence-corrected chi connectivity index (χ2v) is 7.56. The normalized spacial score (nSPS) is 25.2. The van der Waals surface area contributed by atoms with Crippen LogP contribution in [0, 0.1) is 18.3 Å². The molecule has 2 atom stereocenters. The van der Waals surface area contributed by atoms with E-state index in [1.807, 2.05) is 24.9 Å². The SMILES string of the molecule is Cc1nn(C)c2ncc(NC3CC(C)CC(C)(C)C3)cc12. The van der Waals surface area contributed by atoms with Gasteiger partial charge in [0, 0.05) is 18.5 Å². The van der Waals surface area contributed by atoms with Crippen LogP contribution >= 0.6 is 0 Å². The van der Waals surface area contributed by atoms with Gasteiger partial charge in [-0.25, -0.2) is 4.98 Å². The Morgan fingerprint density at radius 3 is 2.81 bits per heavy atom. The fourth-order valence-electron chi connectivity index (χ4n) is 4.08. The summed E-state index contributed by atoms with van der Waals surface area (Å²) in [7, 11) is 1.95. The third-order valence-electron chi connectivity index (χ3n) is 4.62. The number of hydrogen-bond acceptors (Lipinski definition) is 3. The van der Waals surface area contributed by atoms with Gasteiger partial charge < -0.3 is 5.32 Å². The van der Waals surface area contributed by atoms with Crippen molar-refractivity contribution in [2.45, 2.75) is 53.0 Å². The molecule has 2 unspecified atom stereocenters. The lowest BCUT2D eigenvalue weighted by Gasteiger charge is -2.39. The van der Waals surface area contributed by atoms with E-state index >= 15 is 0 Å². The maximum atomic E-state index is 4.56. The molecule has 21 heavy (non-hydrogen) atoms. The van der Waals surface area contributed by atoms with Crippen LogP contribution in [0.4, 0.5) is 5.69 Å². The molecule has 1 saturated carbocycles. The van der Waals surface area contributed by atoms with Crippen molar-refractivity contribution in [3.63, 3.8) is 0 Å². The summed E-state index contributed by atoms with van der Waals surface area (Å²) in [5.74, 6) is 0.781. The molecule has 0 radical (unpaired) electrons. The molecule has 0 aromatic carbocycles. The number of pyridine rings is 1. The molecule has 4 nitrogen and oxygen atoms in total. The van der Waals surface area contributed by atoms with Gasteiger partial charge in [0.25, 0.3) is 0 Å². The molecule has 3 rings (SSSR count). The van der Waals surface area contributed by atoms with Crippen LogP contribution < -0.4 is 5.32 Å². The quantitative estimate of drug-likeness (QED) is 0.910. The Morgan fingerprint density at radius 2 is 2.10 bits per heavy atom. The Hall–Kier alpha value is -1.58. The van der Waals surface area contributed by atoms with Gasteiger partial charge in [-0.15, -0.1) is 0 Å². The van der Waals surface area contributed by atoms with E-state index in [0.717, 1.165) is 28.3 Å². The van der Waals surface area contributed by atoms with Gasteiger partial charge in [0.2, 0.25) is 0 Å². The highest BCUT2D eigenvalue weighted by atomic mass is 15.3. The van der Waals surface area contributed by atoms with Crippen molar-refractivity contribution >= 4 is 16.7 Å². The van der Waals surface area contributed by atoms with Crippen molar-refractivity contribution in [1.29, 1.82) is 0 Å². The third kappa shape index (κ3) is 2.89. The molecule has 0 aliphatic heterocycles. The summed E-state index contributed by atoms with van der Waals surface area (Å²) in [6.45, 7) is 9.16. The first-order valence-electron chi connectivity index (χ1n) is 7.90. The fourth-order valence-corrected chi connectivity index (χ4v) is 4.08. The summed E-state index contributed by atoms with van der Waals surface area (Å²) in [5.41, 5.74) is 3.54. The Morgan fingerprint density at radius 1 is 1.33 bits per heavy atom. The number of nitrogens with one attached hydrogen (secondary N) is 1. The van der Waals surface area contributed by atoms with E-state index < -0.39 is 0 Å². The van der Waals surface area contributed by atoms with E-state index in [0.29, 0.717) is 11.5 Å². The van der Waals surface area contributed by atoms with Gasteiger partial charge in [-0.2, -0.15) is 5.10 Å². The molecule has 1 aliphatic rings. The second kappa shape index (κ2) is 5.00. The number of aromatic nitrogens is 3. The molecule has 0 spiro atoms. The van der Waals surface area contributed by atoms with Crippen molar-refractivity contribution in [1.82, 2.24) is 14.8 Å². The summed E-state index contributed by atoms with van der Waals surface area (Å²) < 4.78 is 1.85. The Labute approximate surface area is 126 Å². The number of hydrogen-bond donors (Lipinski definition) is 1. The van der Waals surface area contributed by atoms with Crippen molar-refractivity contribution in [2.24, 2.45) is 18.4 Å². The molecular weight excluding hydrogens is 260 g/mol. The molecule has 0 amide bonds. The molecular formula is C17H26N4. The minimum absolute atomic E-state index is 0.428. The van der Waals surface area contributed by atoms with Gasteiger partial charge in [-0.3, -0.25) is 4.68 Å². The van der Waals surface area contributed by atoms with Gasteiger partial charge in [0.05, 0.1) is 17.6 Å². The highest BCUT2D eigenvalue weighted by Crippen LogP contribution is 2.39. The van der Waals surface area contributed by atoms with Crippen LogP contribution in [-0.2, 0) is 7.05 Å². The maximum absolute atomic E-state index is 4.56. The van der Waals surface area contributed by atoms with E-state index in [9.17, 15) is 0 Å². The standard InChI is InChI=1S/C17H26N4/c1-11-6-13(9-17(3,4)8-11)19-14-7-15-12(2)20-21(5)16(15)18-10-14/h7,10-11,13,19H,6,8-9H2,1-5H3. The van der Waals surface area contributed by atoms with Gasteiger partial charge in [-0.1, -0.05) is 20.8 Å². The zero-order valence-electron chi connectivity index (χ0n) is 13.8. The highest BCUT2D eigenvalue weighted by Gasteiger charge is 2.31. The monoisotopic (exact) mass is 286 g/mol. The number of nitrogens with zero attached hydrogens (tertiary/aromatic N) is 3. The van der Waals surface area contributed by atoms with E-state index in [1.165, 1.54) is 19.3 Å². The average Bonchev–Trinajstić information content (AvgIpc) is 2.62. The highest BCUT2D eigenvalue weighted by molar-refractivity contribution is 5.81. The molecule has 114 valence electrons. The van der Waals surface area contributed by atoms with Crippen LogP contribution in [0.1, 0.15) is 45.7 Å². The largest absolute Gasteiger partial charge is 0.381 e. The first kappa shape index (κ1) is 14.4. The van der Waals surface area contributed by atoms with Gasteiger partial charge in [0.15, 0.2) is 5.65 Å². The van der Waals surface area contributed by atoms with Crippen LogP contribution in [0.2, 0.25) is 0 Å². The Balaban J connectivity index is 1.83. The smallest absolute Gasteiger partial charge is 0.157 e. The zero-order valence-corrected chi connectivity index (χ0v) is 13.8. The van der Waals surface area contributed by atoms with Crippen LogP contribution in [0.3, 0.4) is 0 Å². The van der Waals surface area contributed by atoms with Crippen molar-refractivity contribution in [3.8, 4) is 0 Å². The topological polar surface area (TPSA) is 42.7 Å². The van der Waals surface area contributed by atoms with E-state index in [-0.39, 0.29) is 0 Å². The molecule has 1 fully saturated rings. The van der Waals surface area contributed by atoms with Crippen molar-refractivity contribution in [2.75, 3.05) is 5.32 Å². The van der Waals surface area contributed by atoms with Crippen molar-refractivity contribution in [3.05, 3.63) is 18.0 Å². The van der Waals surface area contributed by atoms with Crippen LogP contribution in [0.5, 0.6) is 0 Å². The molecule has 2 aromatic heterocycles. The lowest BCUT2D eigenvalue weighted by molar-refractivity contribution is 0.178. The number of rotatable bonds is 2. The molecule has 4 heteroatoms. The molecule has 0 saturated heterocycles. The lowest BCUT2D eigenvalue weighted by Crippen LogP contribution is -2.35. The number of aryl methyl sites for hydroxylation is 2. The summed E-state index contributed by atoms with van der Waals surface area (Å²) >= 11 is 0. The minimum atomic E-state index is 0.428. The van der Waals surface area contributed by atoms with E-state index in [1.54, 1.807) is 0 Å². The van der Waals surface area contributed by atoms with Crippen LogP contribution in [-0.4, -0.2) is 20.8 Å². The molecule has 1 N–H and O–H groups in total.